The van der Waals surface area contributed by atoms with Crippen LogP contribution in [0.15, 0.2) is 23.1 Å². The van der Waals surface area contributed by atoms with Crippen LogP contribution in [-0.4, -0.2) is 64.3 Å². The van der Waals surface area contributed by atoms with Gasteiger partial charge >= 0.3 is 5.97 Å². The van der Waals surface area contributed by atoms with E-state index in [-0.39, 0.29) is 29.5 Å². The summed E-state index contributed by atoms with van der Waals surface area (Å²) in [4.78, 5) is 10.6. The van der Waals surface area contributed by atoms with E-state index in [1.807, 2.05) is 0 Å². The van der Waals surface area contributed by atoms with E-state index in [4.69, 9.17) is 19.3 Å². The van der Waals surface area contributed by atoms with Gasteiger partial charge < -0.3 is 19.3 Å². The summed E-state index contributed by atoms with van der Waals surface area (Å²) in [7, 11) is -1.10. The molecule has 1 N–H and O–H groups in total. The van der Waals surface area contributed by atoms with Crippen LogP contribution in [-0.2, 0) is 19.6 Å². The number of carboxylic acids is 1. The van der Waals surface area contributed by atoms with Crippen molar-refractivity contribution in [3.05, 3.63) is 23.8 Å². The molecular weight excluding hydrogens is 338 g/mol. The second-order valence-electron chi connectivity index (χ2n) is 4.94. The zero-order chi connectivity index (χ0) is 17.7. The molecule has 0 radical (unpaired) electrons. The first-order valence-electron chi connectivity index (χ1n) is 7.15. The summed E-state index contributed by atoms with van der Waals surface area (Å²) in [5, 5.41) is 8.75. The van der Waals surface area contributed by atoms with E-state index in [0.717, 1.165) is 6.08 Å². The molecule has 1 aliphatic heterocycles. The lowest BCUT2D eigenvalue weighted by Crippen LogP contribution is -2.40. The Kier molecular flexibility index (Phi) is 5.81. The molecule has 1 heterocycles. The Balaban J connectivity index is 2.56. The number of benzene rings is 1. The molecule has 0 saturated carbocycles. The molecule has 0 aliphatic carbocycles. The molecule has 1 aromatic carbocycles. The number of ether oxygens (including phenoxy) is 3. The first-order valence-corrected chi connectivity index (χ1v) is 8.59. The van der Waals surface area contributed by atoms with E-state index in [0.29, 0.717) is 18.8 Å². The van der Waals surface area contributed by atoms with Crippen LogP contribution in [0.4, 0.5) is 0 Å². The number of carboxylic acid groups (broad SMARTS) is 1. The van der Waals surface area contributed by atoms with Crippen molar-refractivity contribution in [3.63, 3.8) is 0 Å². The number of hydrogen-bond acceptors (Lipinski definition) is 6. The first kappa shape index (κ1) is 18.2. The van der Waals surface area contributed by atoms with Crippen LogP contribution in [0.1, 0.15) is 5.56 Å². The predicted octanol–water partition coefficient (Wildman–Crippen LogP) is 0.823. The van der Waals surface area contributed by atoms with Gasteiger partial charge in [-0.1, -0.05) is 0 Å². The van der Waals surface area contributed by atoms with E-state index >= 15 is 0 Å². The minimum absolute atomic E-state index is 0.0729. The van der Waals surface area contributed by atoms with E-state index in [1.165, 1.54) is 36.7 Å². The van der Waals surface area contributed by atoms with E-state index in [1.54, 1.807) is 0 Å². The van der Waals surface area contributed by atoms with Crippen molar-refractivity contribution in [3.8, 4) is 11.5 Å². The molecule has 8 nitrogen and oxygen atoms in total. The average Bonchev–Trinajstić information content (AvgIpc) is 2.59. The van der Waals surface area contributed by atoms with Gasteiger partial charge in [-0.25, -0.2) is 13.2 Å². The molecule has 0 bridgehead atoms. The van der Waals surface area contributed by atoms with E-state index < -0.39 is 16.0 Å². The number of aliphatic carboxylic acids is 1. The lowest BCUT2D eigenvalue weighted by molar-refractivity contribution is -0.131. The molecule has 9 heteroatoms. The molecule has 2 rings (SSSR count). The number of carbonyl (C=O) groups is 1. The lowest BCUT2D eigenvalue weighted by Gasteiger charge is -2.27. The Hall–Kier alpha value is -2.10. The number of hydrogen-bond donors (Lipinski definition) is 1. The van der Waals surface area contributed by atoms with Gasteiger partial charge in [-0.3, -0.25) is 0 Å². The van der Waals surface area contributed by atoms with Crippen LogP contribution in [0.5, 0.6) is 11.5 Å². The van der Waals surface area contributed by atoms with Crippen LogP contribution < -0.4 is 9.47 Å². The van der Waals surface area contributed by atoms with Gasteiger partial charge in [-0.05, 0) is 23.8 Å². The molecular formula is C15H19NO7S. The van der Waals surface area contributed by atoms with Crippen molar-refractivity contribution >= 4 is 22.1 Å². The molecule has 24 heavy (non-hydrogen) atoms. The number of methoxy groups -OCH3 is 2. The smallest absolute Gasteiger partial charge is 0.328 e. The monoisotopic (exact) mass is 357 g/mol. The second-order valence-corrected chi connectivity index (χ2v) is 6.85. The summed E-state index contributed by atoms with van der Waals surface area (Å²) < 4.78 is 42.7. The van der Waals surface area contributed by atoms with Crippen molar-refractivity contribution in [1.82, 2.24) is 4.31 Å². The van der Waals surface area contributed by atoms with Gasteiger partial charge in [0.05, 0.1) is 27.4 Å². The molecule has 1 aliphatic rings. The fraction of sp³-hybridized carbons (Fsp3) is 0.400. The van der Waals surface area contributed by atoms with Gasteiger partial charge in [0, 0.05) is 19.2 Å². The zero-order valence-electron chi connectivity index (χ0n) is 13.4. The van der Waals surface area contributed by atoms with Crippen LogP contribution in [0.3, 0.4) is 0 Å². The Labute approximate surface area is 140 Å². The van der Waals surface area contributed by atoms with Crippen molar-refractivity contribution in [2.75, 3.05) is 40.5 Å². The normalized spacial score (nSPS) is 16.2. The van der Waals surface area contributed by atoms with Crippen LogP contribution >= 0.6 is 0 Å². The Morgan fingerprint density at radius 3 is 2.46 bits per heavy atom. The van der Waals surface area contributed by atoms with Gasteiger partial charge in [-0.2, -0.15) is 4.31 Å². The third kappa shape index (κ3) is 3.86. The fourth-order valence-corrected chi connectivity index (χ4v) is 3.94. The highest BCUT2D eigenvalue weighted by Crippen LogP contribution is 2.37. The summed E-state index contributed by atoms with van der Waals surface area (Å²) in [6.07, 6.45) is 2.22. The molecule has 0 amide bonds. The first-order chi connectivity index (χ1) is 11.4. The second kappa shape index (κ2) is 7.65. The molecule has 0 unspecified atom stereocenters. The van der Waals surface area contributed by atoms with Gasteiger partial charge in [0.2, 0.25) is 10.0 Å². The van der Waals surface area contributed by atoms with Gasteiger partial charge in [0.25, 0.3) is 0 Å². The van der Waals surface area contributed by atoms with Gasteiger partial charge in [0.15, 0.2) is 11.5 Å². The highest BCUT2D eigenvalue weighted by atomic mass is 32.2. The fourth-order valence-electron chi connectivity index (χ4n) is 2.33. The lowest BCUT2D eigenvalue weighted by atomic mass is 10.2. The number of nitrogens with zero attached hydrogens (tertiary/aromatic N) is 1. The molecule has 1 aromatic rings. The van der Waals surface area contributed by atoms with Crippen LogP contribution in [0, 0.1) is 0 Å². The van der Waals surface area contributed by atoms with Crippen molar-refractivity contribution < 1.29 is 32.5 Å². The Bertz CT molecular complexity index is 736. The highest BCUT2D eigenvalue weighted by Gasteiger charge is 2.31. The number of sulfonamides is 1. The third-order valence-corrected chi connectivity index (χ3v) is 5.38. The SMILES string of the molecule is COc1cc(C=CC(=O)O)cc(S(=O)(=O)N2CCOCC2)c1OC. The molecule has 0 atom stereocenters. The van der Waals surface area contributed by atoms with Crippen molar-refractivity contribution in [1.29, 1.82) is 0 Å². The maximum atomic E-state index is 12.9. The minimum atomic E-state index is -3.83. The van der Waals surface area contributed by atoms with Crippen LogP contribution in [0.25, 0.3) is 6.08 Å². The molecule has 1 saturated heterocycles. The van der Waals surface area contributed by atoms with E-state index in [2.05, 4.69) is 0 Å². The minimum Gasteiger partial charge on any atom is -0.493 e. The summed E-state index contributed by atoms with van der Waals surface area (Å²) in [6.45, 7) is 1.11. The summed E-state index contributed by atoms with van der Waals surface area (Å²) in [5.41, 5.74) is 0.377. The summed E-state index contributed by atoms with van der Waals surface area (Å²) in [6, 6.07) is 2.88. The Morgan fingerprint density at radius 1 is 1.25 bits per heavy atom. The molecule has 0 aromatic heterocycles. The molecule has 1 fully saturated rings. The summed E-state index contributed by atoms with van der Waals surface area (Å²) in [5.74, 6) is -0.851. The van der Waals surface area contributed by atoms with Crippen LogP contribution in [0.2, 0.25) is 0 Å². The largest absolute Gasteiger partial charge is 0.493 e. The quantitative estimate of drug-likeness (QED) is 0.752. The molecule has 0 spiro atoms. The Morgan fingerprint density at radius 2 is 1.92 bits per heavy atom. The summed E-state index contributed by atoms with van der Waals surface area (Å²) >= 11 is 0. The topological polar surface area (TPSA) is 102 Å². The highest BCUT2D eigenvalue weighted by molar-refractivity contribution is 7.89. The zero-order valence-corrected chi connectivity index (χ0v) is 14.2. The van der Waals surface area contributed by atoms with E-state index in [9.17, 15) is 13.2 Å². The third-order valence-electron chi connectivity index (χ3n) is 3.47. The van der Waals surface area contributed by atoms with Crippen molar-refractivity contribution in [2.45, 2.75) is 4.90 Å². The number of rotatable bonds is 6. The van der Waals surface area contributed by atoms with Crippen molar-refractivity contribution in [2.24, 2.45) is 0 Å². The predicted molar refractivity (Wildman–Crippen MR) is 85.8 cm³/mol. The maximum Gasteiger partial charge on any atom is 0.328 e. The maximum absolute atomic E-state index is 12.9. The van der Waals surface area contributed by atoms with Gasteiger partial charge in [0.1, 0.15) is 4.90 Å². The standard InChI is InChI=1S/C15H19NO7S/c1-21-12-9-11(3-4-14(17)18)10-13(15(12)22-2)24(19,20)16-5-7-23-8-6-16/h3-4,9-10H,5-8H2,1-2H3,(H,17,18). The number of morpholine rings is 1. The average molecular weight is 357 g/mol. The molecule has 132 valence electrons. The van der Waals surface area contributed by atoms with Gasteiger partial charge in [-0.15, -0.1) is 0 Å².